The molecule has 0 radical (unpaired) electrons. The fourth-order valence-electron chi connectivity index (χ4n) is 7.48. The van der Waals surface area contributed by atoms with Gasteiger partial charge >= 0.3 is 0 Å². The lowest BCUT2D eigenvalue weighted by atomic mass is 9.75. The molecule has 0 saturated carbocycles. The number of hydrogen-bond donors (Lipinski definition) is 0. The van der Waals surface area contributed by atoms with Crippen molar-refractivity contribution < 1.29 is 9.47 Å². The van der Waals surface area contributed by atoms with Gasteiger partial charge in [-0.25, -0.2) is 0 Å². The molecular weight excluding hydrogens is 623 g/mol. The zero-order valence-electron chi connectivity index (χ0n) is 35.8. The average molecular weight is 712 g/mol. The SMILES string of the molecule is CCCCCC=CCC=CCCCCCCCCC1(CCCCCCCCC=CCC=CCCCCC)OCC(C(C)(C)CC(C)(C)N(C)C)O1. The minimum atomic E-state index is -0.380. The van der Waals surface area contributed by atoms with E-state index in [-0.39, 0.29) is 22.8 Å². The molecular formula is C48H89NO2. The summed E-state index contributed by atoms with van der Waals surface area (Å²) in [5, 5.41) is 0. The third-order valence-corrected chi connectivity index (χ3v) is 11.3. The third kappa shape index (κ3) is 24.7. The van der Waals surface area contributed by atoms with Crippen molar-refractivity contribution in [2.45, 2.75) is 232 Å². The number of rotatable bonds is 34. The molecule has 1 saturated heterocycles. The number of ether oxygens (including phenoxy) is 2. The van der Waals surface area contributed by atoms with Crippen molar-refractivity contribution in [2.24, 2.45) is 5.41 Å². The molecule has 0 N–H and O–H groups in total. The molecule has 1 heterocycles. The van der Waals surface area contributed by atoms with Gasteiger partial charge in [-0.1, -0.05) is 153 Å². The predicted octanol–water partition coefficient (Wildman–Crippen LogP) is 15.3. The Labute approximate surface area is 320 Å². The zero-order chi connectivity index (χ0) is 37.5. The van der Waals surface area contributed by atoms with Crippen molar-refractivity contribution in [2.75, 3.05) is 20.7 Å². The summed E-state index contributed by atoms with van der Waals surface area (Å²) in [4.78, 5) is 2.35. The molecule has 0 aromatic heterocycles. The molecule has 1 aliphatic heterocycles. The minimum Gasteiger partial charge on any atom is -0.347 e. The Morgan fingerprint density at radius 1 is 0.529 bits per heavy atom. The lowest BCUT2D eigenvalue weighted by molar-refractivity contribution is -0.191. The van der Waals surface area contributed by atoms with Gasteiger partial charge in [0.15, 0.2) is 5.79 Å². The Morgan fingerprint density at radius 2 is 0.902 bits per heavy atom. The maximum Gasteiger partial charge on any atom is 0.168 e. The van der Waals surface area contributed by atoms with Gasteiger partial charge in [0.2, 0.25) is 0 Å². The molecule has 0 aromatic carbocycles. The standard InChI is InChI=1S/C48H89NO2/c1-9-11-13-15-17-19-21-23-25-27-29-31-33-35-37-39-41-48(50-43-45(51-48)46(3,4)44-47(5,6)49(7)8)42-40-38-36-34-32-30-28-26-24-22-20-18-16-14-12-10-2/h17-20,23-26,45H,9-16,21-22,27-44H2,1-8H3. The third-order valence-electron chi connectivity index (χ3n) is 11.3. The van der Waals surface area contributed by atoms with Crippen LogP contribution in [-0.2, 0) is 9.47 Å². The second-order valence-corrected chi connectivity index (χ2v) is 17.4. The monoisotopic (exact) mass is 712 g/mol. The maximum atomic E-state index is 7.02. The highest BCUT2D eigenvalue weighted by Gasteiger charge is 2.47. The summed E-state index contributed by atoms with van der Waals surface area (Å²) in [5.74, 6) is -0.380. The largest absolute Gasteiger partial charge is 0.347 e. The van der Waals surface area contributed by atoms with Crippen molar-refractivity contribution in [3.05, 3.63) is 48.6 Å². The molecule has 1 atom stereocenters. The molecule has 1 aliphatic rings. The zero-order valence-corrected chi connectivity index (χ0v) is 35.8. The van der Waals surface area contributed by atoms with Gasteiger partial charge in [0.1, 0.15) is 0 Å². The van der Waals surface area contributed by atoms with E-state index in [9.17, 15) is 0 Å². The highest BCUT2D eigenvalue weighted by molar-refractivity contribution is 4.95. The van der Waals surface area contributed by atoms with E-state index in [4.69, 9.17) is 9.47 Å². The molecule has 1 fully saturated rings. The van der Waals surface area contributed by atoms with Crippen LogP contribution in [0.3, 0.4) is 0 Å². The van der Waals surface area contributed by atoms with Crippen LogP contribution in [0.15, 0.2) is 48.6 Å². The van der Waals surface area contributed by atoms with Gasteiger partial charge in [-0.15, -0.1) is 0 Å². The molecule has 0 aliphatic carbocycles. The van der Waals surface area contributed by atoms with Gasteiger partial charge in [-0.2, -0.15) is 0 Å². The molecule has 0 amide bonds. The Balaban J connectivity index is 2.40. The molecule has 3 heteroatoms. The van der Waals surface area contributed by atoms with Crippen LogP contribution in [-0.4, -0.2) is 43.0 Å². The van der Waals surface area contributed by atoms with E-state index in [0.29, 0.717) is 0 Å². The van der Waals surface area contributed by atoms with E-state index in [2.05, 4.69) is 109 Å². The Morgan fingerprint density at radius 3 is 1.29 bits per heavy atom. The Hall–Kier alpha value is -1.16. The summed E-state index contributed by atoms with van der Waals surface area (Å²) >= 11 is 0. The topological polar surface area (TPSA) is 21.7 Å². The second kappa shape index (κ2) is 30.2. The van der Waals surface area contributed by atoms with E-state index in [1.807, 2.05) is 0 Å². The highest BCUT2D eigenvalue weighted by Crippen LogP contribution is 2.44. The Kier molecular flexibility index (Phi) is 28.3. The van der Waals surface area contributed by atoms with Crippen LogP contribution in [0.2, 0.25) is 0 Å². The summed E-state index contributed by atoms with van der Waals surface area (Å²) < 4.78 is 13.7. The van der Waals surface area contributed by atoms with Crippen molar-refractivity contribution in [3.63, 3.8) is 0 Å². The fraction of sp³-hybridized carbons (Fsp3) is 0.833. The smallest absolute Gasteiger partial charge is 0.168 e. The average Bonchev–Trinajstić information content (AvgIpc) is 3.53. The molecule has 0 aromatic rings. The molecule has 3 nitrogen and oxygen atoms in total. The van der Waals surface area contributed by atoms with E-state index >= 15 is 0 Å². The predicted molar refractivity (Wildman–Crippen MR) is 228 cm³/mol. The summed E-state index contributed by atoms with van der Waals surface area (Å²) in [6, 6.07) is 0. The van der Waals surface area contributed by atoms with Gasteiger partial charge in [0.05, 0.1) is 12.7 Å². The fourth-order valence-corrected chi connectivity index (χ4v) is 7.48. The van der Waals surface area contributed by atoms with Crippen LogP contribution < -0.4 is 0 Å². The summed E-state index contributed by atoms with van der Waals surface area (Å²) in [6.07, 6.45) is 53.0. The van der Waals surface area contributed by atoms with Gasteiger partial charge in [0, 0.05) is 18.4 Å². The van der Waals surface area contributed by atoms with Crippen LogP contribution in [0.4, 0.5) is 0 Å². The van der Waals surface area contributed by atoms with Crippen LogP contribution in [0.25, 0.3) is 0 Å². The van der Waals surface area contributed by atoms with Crippen LogP contribution in [0.1, 0.15) is 215 Å². The molecule has 0 bridgehead atoms. The molecule has 1 rings (SSSR count). The molecule has 0 spiro atoms. The lowest BCUT2D eigenvalue weighted by Gasteiger charge is -2.42. The van der Waals surface area contributed by atoms with E-state index < -0.39 is 0 Å². The molecule has 51 heavy (non-hydrogen) atoms. The molecule has 1 unspecified atom stereocenters. The Bertz CT molecular complexity index is 862. The first kappa shape index (κ1) is 47.9. The van der Waals surface area contributed by atoms with E-state index in [1.54, 1.807) is 0 Å². The van der Waals surface area contributed by atoms with Crippen molar-refractivity contribution in [3.8, 4) is 0 Å². The lowest BCUT2D eigenvalue weighted by Crippen LogP contribution is -2.46. The normalized spacial score (nSPS) is 19.0. The first-order valence-corrected chi connectivity index (χ1v) is 22.2. The van der Waals surface area contributed by atoms with Crippen molar-refractivity contribution >= 4 is 0 Å². The van der Waals surface area contributed by atoms with Crippen LogP contribution in [0, 0.1) is 5.41 Å². The quantitative estimate of drug-likeness (QED) is 0.0490. The van der Waals surface area contributed by atoms with Crippen LogP contribution in [0.5, 0.6) is 0 Å². The summed E-state index contributed by atoms with van der Waals surface area (Å²) in [6.45, 7) is 14.8. The van der Waals surface area contributed by atoms with Crippen molar-refractivity contribution in [1.29, 1.82) is 0 Å². The van der Waals surface area contributed by atoms with E-state index in [1.165, 1.54) is 141 Å². The van der Waals surface area contributed by atoms with E-state index in [0.717, 1.165) is 38.7 Å². The highest BCUT2D eigenvalue weighted by atomic mass is 16.7. The first-order chi connectivity index (χ1) is 24.6. The van der Waals surface area contributed by atoms with Gasteiger partial charge in [-0.05, 0) is 117 Å². The number of hydrogen-bond acceptors (Lipinski definition) is 3. The molecule has 298 valence electrons. The number of allylic oxidation sites excluding steroid dienone is 8. The summed E-state index contributed by atoms with van der Waals surface area (Å²) in [5.41, 5.74) is 0.188. The van der Waals surface area contributed by atoms with Crippen molar-refractivity contribution in [1.82, 2.24) is 4.90 Å². The summed E-state index contributed by atoms with van der Waals surface area (Å²) in [7, 11) is 4.40. The minimum absolute atomic E-state index is 0.0637. The van der Waals surface area contributed by atoms with Gasteiger partial charge in [0.25, 0.3) is 0 Å². The second-order valence-electron chi connectivity index (χ2n) is 17.4. The number of unbranched alkanes of at least 4 members (excludes halogenated alkanes) is 18. The first-order valence-electron chi connectivity index (χ1n) is 22.2. The van der Waals surface area contributed by atoms with Gasteiger partial charge < -0.3 is 14.4 Å². The van der Waals surface area contributed by atoms with Crippen LogP contribution >= 0.6 is 0 Å². The number of nitrogens with zero attached hydrogens (tertiary/aromatic N) is 1. The van der Waals surface area contributed by atoms with Gasteiger partial charge in [-0.3, -0.25) is 0 Å². The maximum absolute atomic E-state index is 7.02.